The van der Waals surface area contributed by atoms with Gasteiger partial charge in [0.1, 0.15) is 5.75 Å². The second kappa shape index (κ2) is 5.36. The van der Waals surface area contributed by atoms with Crippen molar-refractivity contribution >= 4 is 11.4 Å². The summed E-state index contributed by atoms with van der Waals surface area (Å²) in [4.78, 5) is 0. The van der Waals surface area contributed by atoms with Crippen LogP contribution in [0.1, 0.15) is 0 Å². The van der Waals surface area contributed by atoms with Crippen LogP contribution in [0.4, 0.5) is 33.3 Å². The first-order valence-corrected chi connectivity index (χ1v) is 5.99. The minimum absolute atomic E-state index is 0.00725. The Balaban J connectivity index is 2.47. The second-order valence-corrected chi connectivity index (χ2v) is 4.49. The zero-order valence-corrected chi connectivity index (χ0v) is 11.0. The Bertz CT molecular complexity index is 668. The highest BCUT2D eigenvalue weighted by Crippen LogP contribution is 2.41. The number of hydrogen-bond donors (Lipinski definition) is 2. The highest BCUT2D eigenvalue weighted by Gasteiger charge is 2.61. The number of hydrogen-bond acceptors (Lipinski definition) is 3. The van der Waals surface area contributed by atoms with Crippen molar-refractivity contribution in [3.8, 4) is 16.9 Å². The summed E-state index contributed by atoms with van der Waals surface area (Å²) in [5.41, 5.74) is 11.8. The van der Waals surface area contributed by atoms with E-state index >= 15 is 0 Å². The van der Waals surface area contributed by atoms with Crippen molar-refractivity contribution < 1.29 is 26.7 Å². The minimum Gasteiger partial charge on any atom is -0.425 e. The van der Waals surface area contributed by atoms with Gasteiger partial charge in [-0.05, 0) is 29.8 Å². The maximum atomic E-state index is 13.1. The van der Waals surface area contributed by atoms with E-state index in [1.807, 2.05) is 0 Å². The lowest BCUT2D eigenvalue weighted by atomic mass is 10.0. The van der Waals surface area contributed by atoms with Gasteiger partial charge in [0, 0.05) is 23.0 Å². The van der Waals surface area contributed by atoms with E-state index in [1.54, 1.807) is 0 Å². The third-order valence-corrected chi connectivity index (χ3v) is 2.80. The van der Waals surface area contributed by atoms with Crippen LogP contribution < -0.4 is 16.2 Å². The molecule has 2 aromatic carbocycles. The molecule has 2 rings (SSSR count). The molecule has 22 heavy (non-hydrogen) atoms. The lowest BCUT2D eigenvalue weighted by Crippen LogP contribution is -2.42. The molecule has 0 unspecified atom stereocenters. The topological polar surface area (TPSA) is 61.3 Å². The standard InChI is InChI=1S/C14H11F5N2O/c15-13(16,17)14(18,19)22-12-7-10(21)5-6-11(12)8-1-3-9(20)4-2-8/h1-7H,20-21H2. The molecular weight excluding hydrogens is 307 g/mol. The minimum atomic E-state index is -5.84. The van der Waals surface area contributed by atoms with E-state index in [0.717, 1.165) is 6.07 Å². The Morgan fingerprint density at radius 3 is 1.86 bits per heavy atom. The number of alkyl halides is 5. The van der Waals surface area contributed by atoms with Crippen molar-refractivity contribution in [3.05, 3.63) is 42.5 Å². The number of benzene rings is 2. The summed E-state index contributed by atoms with van der Waals surface area (Å²) in [6.45, 7) is 0. The van der Waals surface area contributed by atoms with E-state index in [4.69, 9.17) is 11.5 Å². The fourth-order valence-electron chi connectivity index (χ4n) is 1.72. The molecule has 2 aromatic rings. The largest absolute Gasteiger partial charge is 0.499 e. The van der Waals surface area contributed by atoms with Crippen molar-refractivity contribution in [2.75, 3.05) is 11.5 Å². The normalized spacial score (nSPS) is 12.2. The summed E-state index contributed by atoms with van der Waals surface area (Å²) in [6, 6.07) is 9.48. The fourth-order valence-corrected chi connectivity index (χ4v) is 1.72. The van der Waals surface area contributed by atoms with Crippen molar-refractivity contribution in [2.24, 2.45) is 0 Å². The van der Waals surface area contributed by atoms with Crippen LogP contribution in [-0.2, 0) is 0 Å². The molecule has 0 saturated heterocycles. The Morgan fingerprint density at radius 2 is 1.32 bits per heavy atom. The molecular formula is C14H11F5N2O. The van der Waals surface area contributed by atoms with Gasteiger partial charge < -0.3 is 16.2 Å². The maximum Gasteiger partial charge on any atom is 0.499 e. The molecule has 0 heterocycles. The van der Waals surface area contributed by atoms with Crippen molar-refractivity contribution in [2.45, 2.75) is 12.3 Å². The van der Waals surface area contributed by atoms with Crippen molar-refractivity contribution in [1.29, 1.82) is 0 Å². The van der Waals surface area contributed by atoms with Gasteiger partial charge in [-0.2, -0.15) is 22.0 Å². The van der Waals surface area contributed by atoms with Gasteiger partial charge in [-0.25, -0.2) is 0 Å². The predicted octanol–water partition coefficient (Wildman–Crippen LogP) is 4.05. The highest BCUT2D eigenvalue weighted by atomic mass is 19.4. The van der Waals surface area contributed by atoms with E-state index in [0.29, 0.717) is 11.3 Å². The zero-order valence-electron chi connectivity index (χ0n) is 11.0. The van der Waals surface area contributed by atoms with Crippen LogP contribution in [0, 0.1) is 0 Å². The molecule has 0 atom stereocenters. The predicted molar refractivity (Wildman–Crippen MR) is 72.3 cm³/mol. The molecule has 0 aliphatic carbocycles. The van der Waals surface area contributed by atoms with E-state index in [-0.39, 0.29) is 11.3 Å². The van der Waals surface area contributed by atoms with E-state index in [9.17, 15) is 22.0 Å². The number of anilines is 2. The highest BCUT2D eigenvalue weighted by molar-refractivity contribution is 5.74. The van der Waals surface area contributed by atoms with Gasteiger partial charge in [-0.15, -0.1) is 0 Å². The third kappa shape index (κ3) is 3.21. The first-order valence-electron chi connectivity index (χ1n) is 5.99. The van der Waals surface area contributed by atoms with Gasteiger partial charge in [-0.1, -0.05) is 12.1 Å². The number of nitrogen functional groups attached to an aromatic ring is 2. The van der Waals surface area contributed by atoms with Gasteiger partial charge in [0.05, 0.1) is 0 Å². The lowest BCUT2D eigenvalue weighted by molar-refractivity contribution is -0.360. The van der Waals surface area contributed by atoms with E-state index < -0.39 is 18.0 Å². The molecule has 0 amide bonds. The smallest absolute Gasteiger partial charge is 0.425 e. The van der Waals surface area contributed by atoms with Crippen LogP contribution in [0.5, 0.6) is 5.75 Å². The molecule has 0 fully saturated rings. The molecule has 0 saturated carbocycles. The fraction of sp³-hybridized carbons (Fsp3) is 0.143. The van der Waals surface area contributed by atoms with Crippen LogP contribution in [0.25, 0.3) is 11.1 Å². The Morgan fingerprint density at radius 1 is 0.773 bits per heavy atom. The van der Waals surface area contributed by atoms with Crippen LogP contribution >= 0.6 is 0 Å². The van der Waals surface area contributed by atoms with E-state index in [1.165, 1.54) is 36.4 Å². The van der Waals surface area contributed by atoms with Crippen LogP contribution in [-0.4, -0.2) is 12.3 Å². The molecule has 4 N–H and O–H groups in total. The molecule has 0 bridgehead atoms. The van der Waals surface area contributed by atoms with Gasteiger partial charge in [0.2, 0.25) is 0 Å². The van der Waals surface area contributed by atoms with Gasteiger partial charge in [0.25, 0.3) is 0 Å². The van der Waals surface area contributed by atoms with Gasteiger partial charge >= 0.3 is 12.3 Å². The second-order valence-electron chi connectivity index (χ2n) is 4.49. The zero-order chi connectivity index (χ0) is 16.5. The first-order chi connectivity index (χ1) is 10.1. The Labute approximate surface area is 122 Å². The molecule has 0 aliphatic heterocycles. The van der Waals surface area contributed by atoms with Crippen LogP contribution in [0.2, 0.25) is 0 Å². The number of ether oxygens (including phenoxy) is 1. The maximum absolute atomic E-state index is 13.1. The molecule has 0 aromatic heterocycles. The van der Waals surface area contributed by atoms with Gasteiger partial charge in [-0.3, -0.25) is 0 Å². The Kier molecular flexibility index (Phi) is 3.87. The summed E-state index contributed by atoms with van der Waals surface area (Å²) in [5, 5.41) is 0. The monoisotopic (exact) mass is 318 g/mol. The van der Waals surface area contributed by atoms with Gasteiger partial charge in [0.15, 0.2) is 0 Å². The summed E-state index contributed by atoms with van der Waals surface area (Å²) >= 11 is 0. The van der Waals surface area contributed by atoms with Crippen molar-refractivity contribution in [3.63, 3.8) is 0 Å². The summed E-state index contributed by atoms with van der Waals surface area (Å²) < 4.78 is 66.9. The average molecular weight is 318 g/mol. The molecule has 3 nitrogen and oxygen atoms in total. The van der Waals surface area contributed by atoms with Crippen LogP contribution in [0.3, 0.4) is 0 Å². The molecule has 8 heteroatoms. The lowest BCUT2D eigenvalue weighted by Gasteiger charge is -2.22. The summed E-state index contributed by atoms with van der Waals surface area (Å²) in [7, 11) is 0. The van der Waals surface area contributed by atoms with Crippen molar-refractivity contribution in [1.82, 2.24) is 0 Å². The number of halogens is 5. The molecule has 0 radical (unpaired) electrons. The third-order valence-electron chi connectivity index (χ3n) is 2.80. The quantitative estimate of drug-likeness (QED) is 0.663. The Hall–Kier alpha value is -2.51. The molecule has 0 spiro atoms. The first kappa shape index (κ1) is 15.9. The SMILES string of the molecule is Nc1ccc(-c2ccc(N)cc2OC(F)(F)C(F)(F)F)cc1. The summed E-state index contributed by atoms with van der Waals surface area (Å²) in [5.74, 6) is -0.674. The summed E-state index contributed by atoms with van der Waals surface area (Å²) in [6.07, 6.45) is -11.2. The average Bonchev–Trinajstić information content (AvgIpc) is 2.38. The number of rotatable bonds is 3. The number of nitrogens with two attached hydrogens (primary N) is 2. The van der Waals surface area contributed by atoms with E-state index in [2.05, 4.69) is 4.74 Å². The van der Waals surface area contributed by atoms with Crippen LogP contribution in [0.15, 0.2) is 42.5 Å². The molecule has 118 valence electrons. The molecule has 0 aliphatic rings.